The van der Waals surface area contributed by atoms with Crippen LogP contribution in [0.15, 0.2) is 28.2 Å². The number of amidine groups is 1. The van der Waals surface area contributed by atoms with Crippen LogP contribution in [0.3, 0.4) is 0 Å². The highest BCUT2D eigenvalue weighted by Crippen LogP contribution is 2.30. The number of rotatable bonds is 2. The molecule has 0 N–H and O–H groups in total. The first-order valence-electron chi connectivity index (χ1n) is 6.41. The average molecular weight is 311 g/mol. The van der Waals surface area contributed by atoms with Gasteiger partial charge in [-0.05, 0) is 31.4 Å². The second-order valence-electron chi connectivity index (χ2n) is 4.77. The fourth-order valence-corrected chi connectivity index (χ4v) is 3.63. The molecule has 1 aromatic rings. The highest BCUT2D eigenvalue weighted by molar-refractivity contribution is 8.13. The van der Waals surface area contributed by atoms with Crippen LogP contribution in [0.1, 0.15) is 24.8 Å². The molecule has 1 amide bonds. The van der Waals surface area contributed by atoms with E-state index in [0.717, 1.165) is 25.0 Å². The Kier molecular flexibility index (Phi) is 3.89. The van der Waals surface area contributed by atoms with Gasteiger partial charge in [-0.2, -0.15) is 4.99 Å². The van der Waals surface area contributed by atoms with Gasteiger partial charge in [-0.1, -0.05) is 29.4 Å². The zero-order chi connectivity index (χ0) is 14.1. The predicted octanol–water partition coefficient (Wildman–Crippen LogP) is 3.85. The molecule has 1 atom stereocenters. The molecule has 1 aliphatic carbocycles. The second-order valence-corrected chi connectivity index (χ2v) is 6.12. The largest absolute Gasteiger partial charge is 0.272 e. The van der Waals surface area contributed by atoms with Crippen LogP contribution in [0, 0.1) is 11.7 Å². The van der Waals surface area contributed by atoms with Crippen LogP contribution in [0.25, 0.3) is 0 Å². The molecule has 0 radical (unpaired) electrons. The molecule has 0 spiro atoms. The van der Waals surface area contributed by atoms with Gasteiger partial charge in [0, 0.05) is 22.1 Å². The minimum Gasteiger partial charge on any atom is -0.272 e. The molecule has 1 aromatic carbocycles. The summed E-state index contributed by atoms with van der Waals surface area (Å²) in [5.74, 6) is -0.260. The van der Waals surface area contributed by atoms with E-state index >= 15 is 0 Å². The fraction of sp³-hybridized carbons (Fsp3) is 0.357. The number of hydrogen-bond acceptors (Lipinski definition) is 3. The molecule has 3 nitrogen and oxygen atoms in total. The maximum Gasteiger partial charge on any atom is 0.256 e. The predicted molar refractivity (Wildman–Crippen MR) is 79.9 cm³/mol. The van der Waals surface area contributed by atoms with Gasteiger partial charge in [0.25, 0.3) is 5.91 Å². The Bertz CT molecular complexity index is 609. The molecule has 1 saturated carbocycles. The molecule has 1 heterocycles. The lowest BCUT2D eigenvalue weighted by molar-refractivity contribution is -0.119. The lowest BCUT2D eigenvalue weighted by Crippen LogP contribution is -2.23. The zero-order valence-electron chi connectivity index (χ0n) is 10.6. The Morgan fingerprint density at radius 3 is 3.05 bits per heavy atom. The first-order valence-corrected chi connectivity index (χ1v) is 7.77. The van der Waals surface area contributed by atoms with E-state index in [9.17, 15) is 9.18 Å². The van der Waals surface area contributed by atoms with E-state index in [4.69, 9.17) is 11.6 Å². The molecule has 104 valence electrons. The molecule has 1 unspecified atom stereocenters. The van der Waals surface area contributed by atoms with Crippen LogP contribution in [-0.2, 0) is 10.5 Å². The number of carbonyl (C=O) groups is 1. The first kappa shape index (κ1) is 13.8. The van der Waals surface area contributed by atoms with Gasteiger partial charge in [0.2, 0.25) is 0 Å². The monoisotopic (exact) mass is 310 g/mol. The van der Waals surface area contributed by atoms with E-state index in [1.807, 2.05) is 0 Å². The molecular weight excluding hydrogens is 299 g/mol. The highest BCUT2D eigenvalue weighted by Gasteiger charge is 2.32. The summed E-state index contributed by atoms with van der Waals surface area (Å²) in [6.07, 6.45) is 2.69. The van der Waals surface area contributed by atoms with Crippen LogP contribution in [0.5, 0.6) is 0 Å². The third-order valence-electron chi connectivity index (χ3n) is 3.48. The summed E-state index contributed by atoms with van der Waals surface area (Å²) < 4.78 is 13.7. The maximum absolute atomic E-state index is 13.7. The normalized spacial score (nSPS) is 21.5. The van der Waals surface area contributed by atoms with Crippen LogP contribution < -0.4 is 0 Å². The lowest BCUT2D eigenvalue weighted by atomic mass is 10.1. The number of fused-ring (bicyclic) bond motifs is 1. The fourth-order valence-electron chi connectivity index (χ4n) is 2.42. The van der Waals surface area contributed by atoms with E-state index in [0.29, 0.717) is 21.5 Å². The minimum atomic E-state index is -0.348. The van der Waals surface area contributed by atoms with Crippen LogP contribution in [-0.4, -0.2) is 16.8 Å². The van der Waals surface area contributed by atoms with E-state index in [1.54, 1.807) is 12.1 Å². The highest BCUT2D eigenvalue weighted by atomic mass is 35.5. The SMILES string of the molecule is O=C1N=C(SCc2c(F)cccc2Cl)N=C2CCCC12. The van der Waals surface area contributed by atoms with Crippen molar-refractivity contribution in [2.45, 2.75) is 25.0 Å². The Balaban J connectivity index is 1.75. The number of aliphatic imine (C=N–C) groups is 2. The molecule has 3 rings (SSSR count). The number of thioether (sulfide) groups is 1. The van der Waals surface area contributed by atoms with Crippen LogP contribution in [0.2, 0.25) is 5.02 Å². The molecule has 1 aliphatic heterocycles. The van der Waals surface area contributed by atoms with Crippen LogP contribution >= 0.6 is 23.4 Å². The van der Waals surface area contributed by atoms with Gasteiger partial charge >= 0.3 is 0 Å². The van der Waals surface area contributed by atoms with Crippen molar-refractivity contribution in [2.24, 2.45) is 15.9 Å². The van der Waals surface area contributed by atoms with Crippen molar-refractivity contribution < 1.29 is 9.18 Å². The topological polar surface area (TPSA) is 41.8 Å². The molecule has 20 heavy (non-hydrogen) atoms. The quantitative estimate of drug-likeness (QED) is 0.832. The molecule has 1 fully saturated rings. The summed E-state index contributed by atoms with van der Waals surface area (Å²) in [4.78, 5) is 20.2. The molecule has 0 saturated heterocycles. The second kappa shape index (κ2) is 5.66. The first-order chi connectivity index (χ1) is 9.65. The van der Waals surface area contributed by atoms with Gasteiger partial charge in [0.05, 0.1) is 5.92 Å². The average Bonchev–Trinajstić information content (AvgIpc) is 2.87. The van der Waals surface area contributed by atoms with Crippen molar-refractivity contribution in [1.82, 2.24) is 0 Å². The van der Waals surface area contributed by atoms with Gasteiger partial charge in [-0.25, -0.2) is 9.38 Å². The van der Waals surface area contributed by atoms with Crippen LogP contribution in [0.4, 0.5) is 4.39 Å². The van der Waals surface area contributed by atoms with E-state index in [2.05, 4.69) is 9.98 Å². The van der Waals surface area contributed by atoms with Crippen molar-refractivity contribution in [3.05, 3.63) is 34.6 Å². The minimum absolute atomic E-state index is 0.114. The summed E-state index contributed by atoms with van der Waals surface area (Å²) >= 11 is 7.22. The third kappa shape index (κ3) is 2.65. The van der Waals surface area contributed by atoms with Crippen molar-refractivity contribution in [3.8, 4) is 0 Å². The number of amides is 1. The van der Waals surface area contributed by atoms with Crippen molar-refractivity contribution in [2.75, 3.05) is 0 Å². The van der Waals surface area contributed by atoms with Gasteiger partial charge in [0.1, 0.15) is 5.82 Å². The summed E-state index contributed by atoms with van der Waals surface area (Å²) in [5, 5.41) is 0.800. The Hall–Kier alpha value is -1.20. The summed E-state index contributed by atoms with van der Waals surface area (Å²) in [6, 6.07) is 4.58. The van der Waals surface area contributed by atoms with Gasteiger partial charge in [-0.15, -0.1) is 0 Å². The summed E-state index contributed by atoms with van der Waals surface area (Å²) in [6.45, 7) is 0. The summed E-state index contributed by atoms with van der Waals surface area (Å²) in [7, 11) is 0. The number of halogens is 2. The van der Waals surface area contributed by atoms with Crippen molar-refractivity contribution in [1.29, 1.82) is 0 Å². The van der Waals surface area contributed by atoms with Crippen molar-refractivity contribution >= 4 is 40.1 Å². The van der Waals surface area contributed by atoms with Gasteiger partial charge in [-0.3, -0.25) is 4.79 Å². The number of nitrogens with zero attached hydrogens (tertiary/aromatic N) is 2. The molecule has 0 bridgehead atoms. The van der Waals surface area contributed by atoms with Gasteiger partial charge in [0.15, 0.2) is 5.17 Å². The van der Waals surface area contributed by atoms with E-state index < -0.39 is 0 Å². The molecule has 2 aliphatic rings. The Morgan fingerprint density at radius 2 is 2.25 bits per heavy atom. The number of carbonyl (C=O) groups excluding carboxylic acids is 1. The molecule has 6 heteroatoms. The lowest BCUT2D eigenvalue weighted by Gasteiger charge is -2.13. The molecule has 0 aromatic heterocycles. The third-order valence-corrected chi connectivity index (χ3v) is 4.71. The van der Waals surface area contributed by atoms with Gasteiger partial charge < -0.3 is 0 Å². The summed E-state index contributed by atoms with van der Waals surface area (Å²) in [5.41, 5.74) is 1.34. The van der Waals surface area contributed by atoms with E-state index in [-0.39, 0.29) is 17.6 Å². The Morgan fingerprint density at radius 1 is 1.40 bits per heavy atom. The number of benzene rings is 1. The smallest absolute Gasteiger partial charge is 0.256 e. The van der Waals surface area contributed by atoms with Crippen molar-refractivity contribution in [3.63, 3.8) is 0 Å². The molecular formula is C14H12ClFN2OS. The van der Waals surface area contributed by atoms with E-state index in [1.165, 1.54) is 17.8 Å². The Labute approximate surface area is 125 Å². The number of hydrogen-bond donors (Lipinski definition) is 0. The standard InChI is InChI=1S/C14H12ClFN2OS/c15-10-4-2-5-11(16)9(10)7-20-14-17-12-6-1-3-8(12)13(19)18-14/h2,4-5,8H,1,3,6-7H2. The maximum atomic E-state index is 13.7. The zero-order valence-corrected chi connectivity index (χ0v) is 12.2.